The lowest BCUT2D eigenvalue weighted by Crippen LogP contribution is -2.55. The summed E-state index contributed by atoms with van der Waals surface area (Å²) in [5, 5.41) is 2.25. The van der Waals surface area contributed by atoms with Gasteiger partial charge in [-0.2, -0.15) is 0 Å². The van der Waals surface area contributed by atoms with Crippen LogP contribution in [0.2, 0.25) is 0 Å². The molecule has 2 unspecified atom stereocenters. The van der Waals surface area contributed by atoms with Crippen LogP contribution in [0.1, 0.15) is 25.5 Å². The minimum absolute atomic E-state index is 0.0783. The van der Waals surface area contributed by atoms with Crippen LogP contribution in [-0.2, 0) is 9.59 Å². The summed E-state index contributed by atoms with van der Waals surface area (Å²) in [6, 6.07) is 14.0. The maximum atomic E-state index is 11.8. The maximum absolute atomic E-state index is 11.8. The highest BCUT2D eigenvalue weighted by Gasteiger charge is 2.47. The van der Waals surface area contributed by atoms with Crippen LogP contribution in [0.5, 0.6) is 0 Å². The molecular formula is C16H15NO2. The molecule has 0 saturated carbocycles. The maximum Gasteiger partial charge on any atom is 0.235 e. The fraction of sp³-hybridized carbons (Fsp3) is 0.250. The average Bonchev–Trinajstić information content (AvgIpc) is 2.42. The second-order valence-electron chi connectivity index (χ2n) is 5.03. The van der Waals surface area contributed by atoms with Gasteiger partial charge in [0.05, 0.1) is 12.0 Å². The van der Waals surface area contributed by atoms with E-state index >= 15 is 0 Å². The average molecular weight is 253 g/mol. The first-order chi connectivity index (χ1) is 9.11. The van der Waals surface area contributed by atoms with Crippen LogP contribution < -0.4 is 0 Å². The van der Waals surface area contributed by atoms with Crippen molar-refractivity contribution in [3.63, 3.8) is 0 Å². The number of likely N-dealkylation sites (tertiary alicyclic amines) is 1. The Morgan fingerprint density at radius 1 is 1.11 bits per heavy atom. The molecule has 3 rings (SSSR count). The molecule has 0 aromatic heterocycles. The van der Waals surface area contributed by atoms with Crippen LogP contribution >= 0.6 is 0 Å². The van der Waals surface area contributed by atoms with Gasteiger partial charge in [0.25, 0.3) is 0 Å². The second-order valence-corrected chi connectivity index (χ2v) is 5.03. The quantitative estimate of drug-likeness (QED) is 0.733. The van der Waals surface area contributed by atoms with Crippen LogP contribution in [0.15, 0.2) is 42.5 Å². The van der Waals surface area contributed by atoms with Crippen molar-refractivity contribution < 1.29 is 9.59 Å². The molecule has 1 fully saturated rings. The number of hydrogen-bond donors (Lipinski definition) is 0. The van der Waals surface area contributed by atoms with Gasteiger partial charge in [-0.15, -0.1) is 0 Å². The highest BCUT2D eigenvalue weighted by atomic mass is 16.2. The molecule has 0 spiro atoms. The summed E-state index contributed by atoms with van der Waals surface area (Å²) in [5.74, 6) is -0.388. The number of amides is 2. The lowest BCUT2D eigenvalue weighted by atomic mass is 9.82. The third-order valence-corrected chi connectivity index (χ3v) is 3.86. The Morgan fingerprint density at radius 2 is 1.79 bits per heavy atom. The normalized spacial score (nSPS) is 22.4. The van der Waals surface area contributed by atoms with Gasteiger partial charge in [-0.25, -0.2) is 0 Å². The lowest BCUT2D eigenvalue weighted by Gasteiger charge is -2.44. The Bertz CT molecular complexity index is 672. The standard InChI is InChI=1S/C16H15NO2/c1-10-15(17(11(2)18)16(10)19)14-9-5-7-12-6-3-4-8-13(12)14/h3-10,15H,1-2H3. The van der Waals surface area contributed by atoms with Crippen LogP contribution in [0.4, 0.5) is 0 Å². The first-order valence-corrected chi connectivity index (χ1v) is 6.42. The van der Waals surface area contributed by atoms with Gasteiger partial charge in [0.2, 0.25) is 11.8 Å². The topological polar surface area (TPSA) is 37.4 Å². The summed E-state index contributed by atoms with van der Waals surface area (Å²) >= 11 is 0. The van der Waals surface area contributed by atoms with Crippen molar-refractivity contribution in [2.75, 3.05) is 0 Å². The zero-order valence-corrected chi connectivity index (χ0v) is 11.0. The highest BCUT2D eigenvalue weighted by Crippen LogP contribution is 2.42. The van der Waals surface area contributed by atoms with Gasteiger partial charge in [-0.3, -0.25) is 14.5 Å². The largest absolute Gasteiger partial charge is 0.275 e. The number of hydrogen-bond acceptors (Lipinski definition) is 2. The van der Waals surface area contributed by atoms with Crippen molar-refractivity contribution in [2.24, 2.45) is 5.92 Å². The minimum atomic E-state index is -0.180. The Morgan fingerprint density at radius 3 is 2.53 bits per heavy atom. The molecule has 1 heterocycles. The zero-order chi connectivity index (χ0) is 13.6. The lowest BCUT2D eigenvalue weighted by molar-refractivity contribution is -0.164. The molecule has 96 valence electrons. The molecule has 0 N–H and O–H groups in total. The predicted octanol–water partition coefficient (Wildman–Crippen LogP) is 2.91. The Kier molecular flexibility index (Phi) is 2.63. The first-order valence-electron chi connectivity index (χ1n) is 6.42. The highest BCUT2D eigenvalue weighted by molar-refractivity contribution is 6.02. The molecule has 3 nitrogen and oxygen atoms in total. The van der Waals surface area contributed by atoms with Gasteiger partial charge in [-0.1, -0.05) is 49.4 Å². The van der Waals surface area contributed by atoms with Gasteiger partial charge in [0.15, 0.2) is 0 Å². The number of nitrogens with zero attached hydrogens (tertiary/aromatic N) is 1. The van der Waals surface area contributed by atoms with Crippen LogP contribution in [-0.4, -0.2) is 16.7 Å². The second kappa shape index (κ2) is 4.19. The van der Waals surface area contributed by atoms with E-state index < -0.39 is 0 Å². The van der Waals surface area contributed by atoms with E-state index in [0.29, 0.717) is 0 Å². The number of β-lactam (4-membered cyclic amide) rings is 1. The van der Waals surface area contributed by atoms with E-state index in [4.69, 9.17) is 0 Å². The van der Waals surface area contributed by atoms with Gasteiger partial charge < -0.3 is 0 Å². The fourth-order valence-electron chi connectivity index (χ4n) is 2.90. The van der Waals surface area contributed by atoms with Crippen molar-refractivity contribution in [1.29, 1.82) is 0 Å². The molecule has 2 aromatic carbocycles. The van der Waals surface area contributed by atoms with E-state index in [-0.39, 0.29) is 23.8 Å². The van der Waals surface area contributed by atoms with Crippen molar-refractivity contribution in [1.82, 2.24) is 4.90 Å². The predicted molar refractivity (Wildman–Crippen MR) is 73.4 cm³/mol. The van der Waals surface area contributed by atoms with Gasteiger partial charge in [0.1, 0.15) is 0 Å². The monoisotopic (exact) mass is 253 g/mol. The third kappa shape index (κ3) is 1.65. The van der Waals surface area contributed by atoms with Crippen molar-refractivity contribution in [3.05, 3.63) is 48.0 Å². The van der Waals surface area contributed by atoms with Crippen molar-refractivity contribution in [2.45, 2.75) is 19.9 Å². The van der Waals surface area contributed by atoms with E-state index in [0.717, 1.165) is 16.3 Å². The summed E-state index contributed by atoms with van der Waals surface area (Å²) in [6.07, 6.45) is 0. The number of imide groups is 1. The van der Waals surface area contributed by atoms with Gasteiger partial charge in [-0.05, 0) is 16.3 Å². The Hall–Kier alpha value is -2.16. The molecule has 2 amide bonds. The molecule has 1 aliphatic heterocycles. The molecule has 0 bridgehead atoms. The van der Waals surface area contributed by atoms with E-state index in [1.165, 1.54) is 11.8 Å². The van der Waals surface area contributed by atoms with Gasteiger partial charge in [0, 0.05) is 6.92 Å². The summed E-state index contributed by atoms with van der Waals surface area (Å²) < 4.78 is 0. The molecule has 1 aliphatic rings. The van der Waals surface area contributed by atoms with Crippen LogP contribution in [0.3, 0.4) is 0 Å². The number of rotatable bonds is 1. The third-order valence-electron chi connectivity index (χ3n) is 3.86. The SMILES string of the molecule is CC(=O)N1C(=O)C(C)C1c1cccc2ccccc12. The molecule has 1 saturated heterocycles. The molecule has 0 radical (unpaired) electrons. The molecule has 19 heavy (non-hydrogen) atoms. The first kappa shape index (κ1) is 11.9. The number of benzene rings is 2. The van der Waals surface area contributed by atoms with Gasteiger partial charge >= 0.3 is 0 Å². The fourth-order valence-corrected chi connectivity index (χ4v) is 2.90. The number of fused-ring (bicyclic) bond motifs is 1. The zero-order valence-electron chi connectivity index (χ0n) is 11.0. The summed E-state index contributed by atoms with van der Waals surface area (Å²) in [7, 11) is 0. The Balaban J connectivity index is 2.14. The van der Waals surface area contributed by atoms with E-state index in [9.17, 15) is 9.59 Å². The minimum Gasteiger partial charge on any atom is -0.275 e. The molecular weight excluding hydrogens is 238 g/mol. The van der Waals surface area contributed by atoms with E-state index in [1.807, 2.05) is 49.4 Å². The summed E-state index contributed by atoms with van der Waals surface area (Å²) in [5.41, 5.74) is 1.06. The molecule has 3 heteroatoms. The number of carbonyl (C=O) groups excluding carboxylic acids is 2. The van der Waals surface area contributed by atoms with E-state index in [2.05, 4.69) is 0 Å². The van der Waals surface area contributed by atoms with E-state index in [1.54, 1.807) is 0 Å². The van der Waals surface area contributed by atoms with Crippen LogP contribution in [0, 0.1) is 5.92 Å². The van der Waals surface area contributed by atoms with Crippen molar-refractivity contribution >= 4 is 22.6 Å². The summed E-state index contributed by atoms with van der Waals surface area (Å²) in [6.45, 7) is 3.33. The Labute approximate surface area is 111 Å². The smallest absolute Gasteiger partial charge is 0.235 e. The number of carbonyl (C=O) groups is 2. The van der Waals surface area contributed by atoms with Crippen molar-refractivity contribution in [3.8, 4) is 0 Å². The molecule has 2 aromatic rings. The molecule has 2 atom stereocenters. The summed E-state index contributed by atoms with van der Waals surface area (Å²) in [4.78, 5) is 24.8. The van der Waals surface area contributed by atoms with Crippen LogP contribution in [0.25, 0.3) is 10.8 Å². The molecule has 0 aliphatic carbocycles.